The van der Waals surface area contributed by atoms with Crippen LogP contribution in [0.5, 0.6) is 0 Å². The molecule has 0 heterocycles. The number of rotatable bonds is 3. The normalized spacial score (nSPS) is 10.0. The van der Waals surface area contributed by atoms with Crippen LogP contribution < -0.4 is 4.90 Å². The lowest BCUT2D eigenvalue weighted by Gasteiger charge is -2.19. The first-order chi connectivity index (χ1) is 9.11. The number of nitriles is 1. The number of nitrogens with zero attached hydrogens (tertiary/aromatic N) is 2. The summed E-state index contributed by atoms with van der Waals surface area (Å²) in [6.07, 6.45) is 0. The highest BCUT2D eigenvalue weighted by molar-refractivity contribution is 5.47. The highest BCUT2D eigenvalue weighted by Crippen LogP contribution is 2.19. The summed E-state index contributed by atoms with van der Waals surface area (Å²) in [5.41, 5.74) is 1.25. The highest BCUT2D eigenvalue weighted by atomic mass is 19.1. The van der Waals surface area contributed by atoms with Gasteiger partial charge >= 0.3 is 0 Å². The van der Waals surface area contributed by atoms with Crippen LogP contribution in [0.2, 0.25) is 0 Å². The smallest absolute Gasteiger partial charge is 0.145 e. The average molecular weight is 258 g/mol. The van der Waals surface area contributed by atoms with E-state index in [1.807, 2.05) is 6.07 Å². The Morgan fingerprint density at radius 1 is 1.11 bits per heavy atom. The highest BCUT2D eigenvalue weighted by Gasteiger charge is 2.10. The Hall–Kier alpha value is -2.41. The minimum absolute atomic E-state index is 0.0324. The van der Waals surface area contributed by atoms with Gasteiger partial charge in [0.15, 0.2) is 0 Å². The second-order valence-corrected chi connectivity index (χ2v) is 4.22. The Balaban J connectivity index is 2.22. The zero-order valence-corrected chi connectivity index (χ0v) is 10.4. The lowest BCUT2D eigenvalue weighted by atomic mass is 10.1. The third kappa shape index (κ3) is 2.89. The molecule has 0 bridgehead atoms. The van der Waals surface area contributed by atoms with Crippen molar-refractivity contribution in [2.75, 3.05) is 11.9 Å². The summed E-state index contributed by atoms with van der Waals surface area (Å²) >= 11 is 0. The van der Waals surface area contributed by atoms with E-state index in [0.717, 1.165) is 5.69 Å². The molecule has 0 saturated carbocycles. The van der Waals surface area contributed by atoms with E-state index in [1.54, 1.807) is 36.2 Å². The number of hydrogen-bond acceptors (Lipinski definition) is 2. The molecule has 2 rings (SSSR count). The molecule has 0 aliphatic carbocycles. The average Bonchev–Trinajstić information content (AvgIpc) is 2.42. The first-order valence-electron chi connectivity index (χ1n) is 5.76. The van der Waals surface area contributed by atoms with Crippen molar-refractivity contribution in [3.8, 4) is 6.07 Å². The topological polar surface area (TPSA) is 27.0 Å². The second-order valence-electron chi connectivity index (χ2n) is 4.22. The fraction of sp³-hybridized carbons (Fsp3) is 0.133. The fourth-order valence-corrected chi connectivity index (χ4v) is 1.83. The van der Waals surface area contributed by atoms with Crippen molar-refractivity contribution in [1.29, 1.82) is 5.26 Å². The number of benzene rings is 2. The SMILES string of the molecule is CN(Cc1cccc(C#N)c1F)c1ccc(F)cc1. The predicted molar refractivity (Wildman–Crippen MR) is 69.6 cm³/mol. The van der Waals surface area contributed by atoms with Gasteiger partial charge < -0.3 is 4.90 Å². The summed E-state index contributed by atoms with van der Waals surface area (Å²) in [5, 5.41) is 8.78. The Morgan fingerprint density at radius 2 is 1.79 bits per heavy atom. The molecule has 0 unspecified atom stereocenters. The largest absolute Gasteiger partial charge is 0.370 e. The molecule has 2 nitrogen and oxygen atoms in total. The summed E-state index contributed by atoms with van der Waals surface area (Å²) in [4.78, 5) is 1.79. The van der Waals surface area contributed by atoms with Gasteiger partial charge in [-0.2, -0.15) is 5.26 Å². The molecule has 0 radical (unpaired) electrons. The summed E-state index contributed by atoms with van der Waals surface area (Å²) in [5.74, 6) is -0.811. The van der Waals surface area contributed by atoms with Gasteiger partial charge in [0.2, 0.25) is 0 Å². The minimum Gasteiger partial charge on any atom is -0.370 e. The molecule has 0 N–H and O–H groups in total. The molecule has 2 aromatic carbocycles. The maximum Gasteiger partial charge on any atom is 0.145 e. The molecule has 19 heavy (non-hydrogen) atoms. The van der Waals surface area contributed by atoms with Crippen LogP contribution in [-0.2, 0) is 6.54 Å². The predicted octanol–water partition coefficient (Wildman–Crippen LogP) is 3.47. The van der Waals surface area contributed by atoms with E-state index < -0.39 is 5.82 Å². The van der Waals surface area contributed by atoms with E-state index in [1.165, 1.54) is 18.2 Å². The molecule has 2 aromatic rings. The quantitative estimate of drug-likeness (QED) is 0.842. The lowest BCUT2D eigenvalue weighted by molar-refractivity contribution is 0.604. The van der Waals surface area contributed by atoms with E-state index in [9.17, 15) is 8.78 Å². The van der Waals surface area contributed by atoms with Crippen molar-refractivity contribution in [3.63, 3.8) is 0 Å². The first kappa shape index (κ1) is 13.0. The molecular formula is C15H12F2N2. The van der Waals surface area contributed by atoms with Gasteiger partial charge in [0.05, 0.1) is 5.56 Å². The standard InChI is InChI=1S/C15H12F2N2/c1-19(14-7-5-13(16)6-8-14)10-12-4-2-3-11(9-18)15(12)17/h2-8H,10H2,1H3. The van der Waals surface area contributed by atoms with Crippen molar-refractivity contribution in [1.82, 2.24) is 0 Å². The molecule has 0 aliphatic rings. The second kappa shape index (κ2) is 5.49. The molecule has 0 fully saturated rings. The lowest BCUT2D eigenvalue weighted by Crippen LogP contribution is -2.17. The van der Waals surface area contributed by atoms with Gasteiger partial charge in [0.25, 0.3) is 0 Å². The third-order valence-corrected chi connectivity index (χ3v) is 2.87. The molecule has 0 atom stereocenters. The van der Waals surface area contributed by atoms with Gasteiger partial charge in [-0.15, -0.1) is 0 Å². The monoisotopic (exact) mass is 258 g/mol. The summed E-state index contributed by atoms with van der Waals surface area (Å²) in [6, 6.07) is 12.5. The van der Waals surface area contributed by atoms with Gasteiger partial charge in [-0.3, -0.25) is 0 Å². The Morgan fingerprint density at radius 3 is 2.42 bits per heavy atom. The fourth-order valence-electron chi connectivity index (χ4n) is 1.83. The van der Waals surface area contributed by atoms with Gasteiger partial charge in [0.1, 0.15) is 17.7 Å². The van der Waals surface area contributed by atoms with Crippen molar-refractivity contribution in [2.24, 2.45) is 0 Å². The molecule has 4 heteroatoms. The van der Waals surface area contributed by atoms with Crippen molar-refractivity contribution in [3.05, 3.63) is 65.2 Å². The van der Waals surface area contributed by atoms with Crippen LogP contribution in [0.25, 0.3) is 0 Å². The van der Waals surface area contributed by atoms with Gasteiger partial charge in [-0.25, -0.2) is 8.78 Å². The number of hydrogen-bond donors (Lipinski definition) is 0. The van der Waals surface area contributed by atoms with Gasteiger partial charge in [0, 0.05) is 24.8 Å². The summed E-state index contributed by atoms with van der Waals surface area (Å²) in [6.45, 7) is 0.312. The summed E-state index contributed by atoms with van der Waals surface area (Å²) < 4.78 is 26.7. The van der Waals surface area contributed by atoms with Gasteiger partial charge in [-0.05, 0) is 30.3 Å². The Labute approximate surface area is 110 Å². The van der Waals surface area contributed by atoms with E-state index in [-0.39, 0.29) is 11.4 Å². The van der Waals surface area contributed by atoms with E-state index >= 15 is 0 Å². The molecule has 0 amide bonds. The molecular weight excluding hydrogens is 246 g/mol. The Bertz CT molecular complexity index is 615. The minimum atomic E-state index is -0.501. The number of anilines is 1. The molecule has 0 aromatic heterocycles. The van der Waals surface area contributed by atoms with E-state index in [0.29, 0.717) is 12.1 Å². The number of halogens is 2. The van der Waals surface area contributed by atoms with Crippen LogP contribution in [0.15, 0.2) is 42.5 Å². The molecule has 0 spiro atoms. The maximum atomic E-state index is 13.9. The molecule has 0 aliphatic heterocycles. The van der Waals surface area contributed by atoms with Crippen LogP contribution >= 0.6 is 0 Å². The zero-order valence-electron chi connectivity index (χ0n) is 10.4. The zero-order chi connectivity index (χ0) is 13.8. The Kier molecular flexibility index (Phi) is 3.76. The maximum absolute atomic E-state index is 13.9. The van der Waals surface area contributed by atoms with Gasteiger partial charge in [-0.1, -0.05) is 12.1 Å². The van der Waals surface area contributed by atoms with Crippen LogP contribution in [-0.4, -0.2) is 7.05 Å². The molecule has 0 saturated heterocycles. The van der Waals surface area contributed by atoms with Crippen molar-refractivity contribution in [2.45, 2.75) is 6.54 Å². The third-order valence-electron chi connectivity index (χ3n) is 2.87. The van der Waals surface area contributed by atoms with E-state index in [2.05, 4.69) is 0 Å². The van der Waals surface area contributed by atoms with E-state index in [4.69, 9.17) is 5.26 Å². The molecule has 96 valence electrons. The van der Waals surface area contributed by atoms with Crippen LogP contribution in [0.1, 0.15) is 11.1 Å². The first-order valence-corrected chi connectivity index (χ1v) is 5.76. The van der Waals surface area contributed by atoms with Crippen LogP contribution in [0.3, 0.4) is 0 Å². The van der Waals surface area contributed by atoms with Crippen molar-refractivity contribution < 1.29 is 8.78 Å². The van der Waals surface area contributed by atoms with Crippen LogP contribution in [0.4, 0.5) is 14.5 Å². The van der Waals surface area contributed by atoms with Crippen molar-refractivity contribution >= 4 is 5.69 Å². The summed E-state index contributed by atoms with van der Waals surface area (Å²) in [7, 11) is 1.78. The van der Waals surface area contributed by atoms with Crippen LogP contribution in [0, 0.1) is 23.0 Å².